The number of allylic oxidation sites excluding steroid dienone is 2. The Kier molecular flexibility index (Phi) is 5.92. The van der Waals surface area contributed by atoms with E-state index in [1.54, 1.807) is 0 Å². The summed E-state index contributed by atoms with van der Waals surface area (Å²) in [4.78, 5) is 0. The maximum absolute atomic E-state index is 5.37. The lowest BCUT2D eigenvalue weighted by atomic mass is 10.7. The smallest absolute Gasteiger partial charge is 0.169 e. The third-order valence-corrected chi connectivity index (χ3v) is 5.58. The first-order valence-corrected chi connectivity index (χ1v) is 6.01. The van der Waals surface area contributed by atoms with E-state index in [1.165, 1.54) is 0 Å². The van der Waals surface area contributed by atoms with E-state index in [-0.39, 0.29) is 0 Å². The molecule has 1 nitrogen and oxygen atoms in total. The lowest BCUT2D eigenvalue weighted by molar-refractivity contribution is 0.636. The number of hydrogen-bond donors (Lipinski definition) is 0. The highest BCUT2D eigenvalue weighted by molar-refractivity contribution is 6.56. The third-order valence-electron chi connectivity index (χ3n) is 1.19. The molecule has 0 aromatic heterocycles. The van der Waals surface area contributed by atoms with Crippen molar-refractivity contribution in [1.29, 1.82) is 0 Å². The topological polar surface area (TPSA) is 9.23 Å². The molecule has 0 heterocycles. The van der Waals surface area contributed by atoms with Gasteiger partial charge in [-0.1, -0.05) is 12.2 Å². The second-order valence-corrected chi connectivity index (χ2v) is 5.98. The van der Waals surface area contributed by atoms with Gasteiger partial charge in [0.25, 0.3) is 0 Å². The first-order valence-electron chi connectivity index (χ1n) is 3.09. The minimum atomic E-state index is -0.887. The maximum atomic E-state index is 5.37. The SMILES string of the molecule is C=CC[SiH](CC=C)O[SiH3]. The molecule has 0 aromatic carbocycles. The molecule has 0 atom stereocenters. The zero-order valence-corrected chi connectivity index (χ0v) is 9.12. The predicted octanol–water partition coefficient (Wildman–Crippen LogP) is 0.379. The van der Waals surface area contributed by atoms with E-state index >= 15 is 0 Å². The molecule has 0 saturated heterocycles. The van der Waals surface area contributed by atoms with Crippen molar-refractivity contribution in [3.05, 3.63) is 25.3 Å². The second-order valence-electron chi connectivity index (χ2n) is 1.91. The molecule has 52 valence electrons. The molecular formula is C6H14OSi2. The molecule has 0 aliphatic rings. The first kappa shape index (κ1) is 8.87. The number of rotatable bonds is 5. The highest BCUT2D eigenvalue weighted by Crippen LogP contribution is 1.99. The molecule has 9 heavy (non-hydrogen) atoms. The van der Waals surface area contributed by atoms with E-state index in [9.17, 15) is 0 Å². The predicted molar refractivity (Wildman–Crippen MR) is 48.2 cm³/mol. The standard InChI is InChI=1S/C6H14OSi2/c1-3-5-9(7-8)6-4-2/h3-4,9H,1-2,5-6H2,8H3. The molecule has 3 heteroatoms. The van der Waals surface area contributed by atoms with Crippen molar-refractivity contribution < 1.29 is 4.12 Å². The molecule has 0 rings (SSSR count). The van der Waals surface area contributed by atoms with Crippen LogP contribution in [-0.2, 0) is 4.12 Å². The van der Waals surface area contributed by atoms with Gasteiger partial charge in [-0.25, -0.2) is 0 Å². The molecular weight excluding hydrogens is 144 g/mol. The highest BCUT2D eigenvalue weighted by Gasteiger charge is 2.02. The largest absolute Gasteiger partial charge is 0.465 e. The lowest BCUT2D eigenvalue weighted by Gasteiger charge is -2.07. The van der Waals surface area contributed by atoms with Crippen LogP contribution in [-0.4, -0.2) is 19.5 Å². The third kappa shape index (κ3) is 4.38. The van der Waals surface area contributed by atoms with Crippen LogP contribution in [0, 0.1) is 0 Å². The van der Waals surface area contributed by atoms with E-state index in [4.69, 9.17) is 4.12 Å². The molecule has 0 aliphatic carbocycles. The molecule has 0 saturated carbocycles. The van der Waals surface area contributed by atoms with Gasteiger partial charge in [0.1, 0.15) is 10.5 Å². The number of hydrogen-bond acceptors (Lipinski definition) is 1. The van der Waals surface area contributed by atoms with Crippen molar-refractivity contribution in [3.8, 4) is 0 Å². The summed E-state index contributed by atoms with van der Waals surface area (Å²) in [7, 11) is -0.0205. The Bertz CT molecular complexity index is 83.1. The zero-order valence-electron chi connectivity index (χ0n) is 5.97. The monoisotopic (exact) mass is 158 g/mol. The normalized spacial score (nSPS) is 9.89. The van der Waals surface area contributed by atoms with Crippen LogP contribution in [0.2, 0.25) is 12.1 Å². The van der Waals surface area contributed by atoms with Crippen molar-refractivity contribution in [2.45, 2.75) is 12.1 Å². The Morgan fingerprint density at radius 2 is 1.78 bits per heavy atom. The Balaban J connectivity index is 3.39. The Labute approximate surface area is 61.7 Å². The molecule has 0 spiro atoms. The van der Waals surface area contributed by atoms with Gasteiger partial charge < -0.3 is 4.12 Å². The Hall–Kier alpha value is -0.126. The van der Waals surface area contributed by atoms with Gasteiger partial charge in [-0.05, 0) is 12.1 Å². The van der Waals surface area contributed by atoms with E-state index in [0.717, 1.165) is 22.6 Å². The second kappa shape index (κ2) is 6.00. The first-order chi connectivity index (χ1) is 4.35. The summed E-state index contributed by atoms with van der Waals surface area (Å²) >= 11 is 0. The summed E-state index contributed by atoms with van der Waals surface area (Å²) in [6.45, 7) is 7.33. The lowest BCUT2D eigenvalue weighted by Crippen LogP contribution is -2.13. The van der Waals surface area contributed by atoms with E-state index in [2.05, 4.69) is 13.2 Å². The molecule has 0 unspecified atom stereocenters. The Morgan fingerprint density at radius 3 is 2.00 bits per heavy atom. The van der Waals surface area contributed by atoms with Crippen molar-refractivity contribution in [2.75, 3.05) is 0 Å². The van der Waals surface area contributed by atoms with Gasteiger partial charge in [0.05, 0.1) is 0 Å². The highest BCUT2D eigenvalue weighted by atomic mass is 28.3. The van der Waals surface area contributed by atoms with Gasteiger partial charge in [-0.15, -0.1) is 13.2 Å². The van der Waals surface area contributed by atoms with Crippen LogP contribution >= 0.6 is 0 Å². The summed E-state index contributed by atoms with van der Waals surface area (Å²) < 4.78 is 5.37. The van der Waals surface area contributed by atoms with Gasteiger partial charge in [0.15, 0.2) is 9.04 Å². The van der Waals surface area contributed by atoms with Crippen LogP contribution in [0.3, 0.4) is 0 Å². The van der Waals surface area contributed by atoms with Crippen molar-refractivity contribution in [1.82, 2.24) is 0 Å². The molecule has 0 aromatic rings. The fraction of sp³-hybridized carbons (Fsp3) is 0.333. The molecule has 0 fully saturated rings. The van der Waals surface area contributed by atoms with Crippen molar-refractivity contribution >= 4 is 19.5 Å². The average Bonchev–Trinajstić information content (AvgIpc) is 1.88. The van der Waals surface area contributed by atoms with Crippen molar-refractivity contribution in [2.24, 2.45) is 0 Å². The van der Waals surface area contributed by atoms with Crippen LogP contribution in [0.25, 0.3) is 0 Å². The molecule has 0 radical (unpaired) electrons. The summed E-state index contributed by atoms with van der Waals surface area (Å²) in [5, 5.41) is 0. The fourth-order valence-corrected chi connectivity index (χ4v) is 3.14. The zero-order chi connectivity index (χ0) is 7.11. The molecule has 0 N–H and O–H groups in total. The summed E-state index contributed by atoms with van der Waals surface area (Å²) in [6, 6.07) is 2.16. The maximum Gasteiger partial charge on any atom is 0.169 e. The van der Waals surface area contributed by atoms with E-state index < -0.39 is 9.04 Å². The van der Waals surface area contributed by atoms with Crippen LogP contribution in [0.4, 0.5) is 0 Å². The van der Waals surface area contributed by atoms with Gasteiger partial charge in [-0.2, -0.15) is 0 Å². The fourth-order valence-electron chi connectivity index (χ4n) is 0.660. The van der Waals surface area contributed by atoms with Crippen LogP contribution in [0.5, 0.6) is 0 Å². The van der Waals surface area contributed by atoms with Crippen molar-refractivity contribution in [3.63, 3.8) is 0 Å². The summed E-state index contributed by atoms with van der Waals surface area (Å²) in [6.07, 6.45) is 3.89. The Morgan fingerprint density at radius 1 is 1.33 bits per heavy atom. The van der Waals surface area contributed by atoms with Gasteiger partial charge in [0.2, 0.25) is 0 Å². The van der Waals surface area contributed by atoms with Gasteiger partial charge >= 0.3 is 0 Å². The van der Waals surface area contributed by atoms with E-state index in [0.29, 0.717) is 0 Å². The molecule has 0 aliphatic heterocycles. The van der Waals surface area contributed by atoms with E-state index in [1.807, 2.05) is 12.2 Å². The van der Waals surface area contributed by atoms with Crippen LogP contribution in [0.15, 0.2) is 25.3 Å². The van der Waals surface area contributed by atoms with Crippen LogP contribution < -0.4 is 0 Å². The summed E-state index contributed by atoms with van der Waals surface area (Å²) in [5.74, 6) is 0. The minimum Gasteiger partial charge on any atom is -0.465 e. The quantitative estimate of drug-likeness (QED) is 0.415. The van der Waals surface area contributed by atoms with Gasteiger partial charge in [0, 0.05) is 0 Å². The summed E-state index contributed by atoms with van der Waals surface area (Å²) in [5.41, 5.74) is 0. The van der Waals surface area contributed by atoms with Crippen LogP contribution in [0.1, 0.15) is 0 Å². The minimum absolute atomic E-state index is 0.867. The molecule has 0 amide bonds. The molecule has 0 bridgehead atoms. The van der Waals surface area contributed by atoms with Gasteiger partial charge in [-0.3, -0.25) is 0 Å². The average molecular weight is 158 g/mol.